The molecule has 2 rings (SSSR count). The summed E-state index contributed by atoms with van der Waals surface area (Å²) in [5.41, 5.74) is 0.910. The number of hydrogen-bond acceptors (Lipinski definition) is 4. The van der Waals surface area contributed by atoms with Crippen LogP contribution < -0.4 is 5.32 Å². The van der Waals surface area contributed by atoms with Crippen LogP contribution in [-0.4, -0.2) is 49.2 Å². The van der Waals surface area contributed by atoms with Crippen LogP contribution in [-0.2, 0) is 20.9 Å². The third-order valence-corrected chi connectivity index (χ3v) is 3.65. The Balaban J connectivity index is 1.97. The van der Waals surface area contributed by atoms with E-state index in [2.05, 4.69) is 5.32 Å². The highest BCUT2D eigenvalue weighted by Crippen LogP contribution is 2.22. The molecule has 1 fully saturated rings. The van der Waals surface area contributed by atoms with Gasteiger partial charge in [-0.05, 0) is 12.5 Å². The van der Waals surface area contributed by atoms with Gasteiger partial charge in [-0.3, -0.25) is 9.69 Å². The van der Waals surface area contributed by atoms with E-state index in [1.807, 2.05) is 37.3 Å². The minimum absolute atomic E-state index is 0.128. The van der Waals surface area contributed by atoms with Gasteiger partial charge in [0.05, 0.1) is 12.6 Å². The Morgan fingerprint density at radius 2 is 2.05 bits per heavy atom. The summed E-state index contributed by atoms with van der Waals surface area (Å²) in [6, 6.07) is 8.91. The van der Waals surface area contributed by atoms with Gasteiger partial charge in [0.15, 0.2) is 0 Å². The predicted molar refractivity (Wildman–Crippen MR) is 81.2 cm³/mol. The van der Waals surface area contributed by atoms with Crippen molar-refractivity contribution in [1.82, 2.24) is 10.2 Å². The Morgan fingerprint density at radius 1 is 1.32 bits per heavy atom. The maximum Gasteiger partial charge on any atom is 0.410 e. The summed E-state index contributed by atoms with van der Waals surface area (Å²) in [5.74, 6) is -0.195. The molecule has 1 heterocycles. The smallest absolute Gasteiger partial charge is 0.410 e. The van der Waals surface area contributed by atoms with E-state index < -0.39 is 12.1 Å². The van der Waals surface area contributed by atoms with Crippen molar-refractivity contribution >= 4 is 12.0 Å². The van der Waals surface area contributed by atoms with E-state index in [1.54, 1.807) is 7.05 Å². The van der Waals surface area contributed by atoms with E-state index in [-0.39, 0.29) is 18.6 Å². The number of rotatable bonds is 5. The Hall–Kier alpha value is -2.08. The van der Waals surface area contributed by atoms with Crippen LogP contribution in [0.3, 0.4) is 0 Å². The maximum absolute atomic E-state index is 12.3. The lowest BCUT2D eigenvalue weighted by atomic mass is 10.2. The summed E-state index contributed by atoms with van der Waals surface area (Å²) in [6.07, 6.45) is -0.121. The first-order valence-corrected chi connectivity index (χ1v) is 7.46. The number of benzene rings is 1. The van der Waals surface area contributed by atoms with Crippen LogP contribution >= 0.6 is 0 Å². The van der Waals surface area contributed by atoms with E-state index in [9.17, 15) is 9.59 Å². The lowest BCUT2D eigenvalue weighted by Crippen LogP contribution is -2.45. The summed E-state index contributed by atoms with van der Waals surface area (Å²) >= 11 is 0. The highest BCUT2D eigenvalue weighted by atomic mass is 16.6. The molecular weight excluding hydrogens is 284 g/mol. The molecule has 1 aromatic carbocycles. The standard InChI is InChI=1S/C16H22N2O4/c1-3-21-13-9-14(15(19)17-2)18(10-13)16(20)22-11-12-7-5-4-6-8-12/h4-8,13-14H,3,9-11H2,1-2H3,(H,17,19). The van der Waals surface area contributed by atoms with Gasteiger partial charge in [0, 0.05) is 20.1 Å². The molecule has 0 spiro atoms. The van der Waals surface area contributed by atoms with Gasteiger partial charge in [-0.15, -0.1) is 0 Å². The molecule has 1 aromatic rings. The van der Waals surface area contributed by atoms with Crippen LogP contribution in [0.2, 0.25) is 0 Å². The molecule has 1 saturated heterocycles. The molecule has 2 amide bonds. The van der Waals surface area contributed by atoms with E-state index in [0.29, 0.717) is 19.6 Å². The topological polar surface area (TPSA) is 67.9 Å². The molecule has 6 nitrogen and oxygen atoms in total. The fourth-order valence-electron chi connectivity index (χ4n) is 2.57. The number of ether oxygens (including phenoxy) is 2. The van der Waals surface area contributed by atoms with Crippen molar-refractivity contribution in [3.05, 3.63) is 35.9 Å². The molecule has 1 N–H and O–H groups in total. The second kappa shape index (κ2) is 7.79. The van der Waals surface area contributed by atoms with Crippen LogP contribution in [0.5, 0.6) is 0 Å². The first-order chi connectivity index (χ1) is 10.7. The zero-order chi connectivity index (χ0) is 15.9. The van der Waals surface area contributed by atoms with Gasteiger partial charge in [0.25, 0.3) is 0 Å². The average Bonchev–Trinajstić information content (AvgIpc) is 2.97. The number of amides is 2. The SMILES string of the molecule is CCOC1CC(C(=O)NC)N(C(=O)OCc2ccccc2)C1. The highest BCUT2D eigenvalue weighted by molar-refractivity contribution is 5.86. The number of likely N-dealkylation sites (N-methyl/N-ethyl adjacent to an activating group) is 1. The summed E-state index contributed by atoms with van der Waals surface area (Å²) in [6.45, 7) is 3.01. The monoisotopic (exact) mass is 306 g/mol. The van der Waals surface area contributed by atoms with Crippen molar-refractivity contribution in [3.63, 3.8) is 0 Å². The van der Waals surface area contributed by atoms with Crippen LogP contribution in [0.25, 0.3) is 0 Å². The fraction of sp³-hybridized carbons (Fsp3) is 0.500. The zero-order valence-electron chi connectivity index (χ0n) is 13.0. The summed E-state index contributed by atoms with van der Waals surface area (Å²) < 4.78 is 10.9. The Kier molecular flexibility index (Phi) is 5.77. The number of carbonyl (C=O) groups is 2. The van der Waals surface area contributed by atoms with Gasteiger partial charge in [0.2, 0.25) is 5.91 Å². The van der Waals surface area contributed by atoms with Gasteiger partial charge in [0.1, 0.15) is 12.6 Å². The van der Waals surface area contributed by atoms with E-state index in [4.69, 9.17) is 9.47 Å². The third-order valence-electron chi connectivity index (χ3n) is 3.65. The van der Waals surface area contributed by atoms with E-state index in [0.717, 1.165) is 5.56 Å². The molecule has 0 bridgehead atoms. The minimum atomic E-state index is -0.537. The third kappa shape index (κ3) is 3.98. The average molecular weight is 306 g/mol. The normalized spacial score (nSPS) is 20.7. The molecule has 0 aliphatic carbocycles. The van der Waals surface area contributed by atoms with Gasteiger partial charge in [-0.2, -0.15) is 0 Å². The summed E-state index contributed by atoms with van der Waals surface area (Å²) in [5, 5.41) is 2.58. The van der Waals surface area contributed by atoms with Crippen molar-refractivity contribution in [1.29, 1.82) is 0 Å². The van der Waals surface area contributed by atoms with Crippen LogP contribution in [0, 0.1) is 0 Å². The minimum Gasteiger partial charge on any atom is -0.445 e. The molecule has 2 unspecified atom stereocenters. The fourth-order valence-corrected chi connectivity index (χ4v) is 2.57. The van der Waals surface area contributed by atoms with Crippen molar-refractivity contribution in [2.75, 3.05) is 20.2 Å². The van der Waals surface area contributed by atoms with Gasteiger partial charge >= 0.3 is 6.09 Å². The first-order valence-electron chi connectivity index (χ1n) is 7.46. The maximum atomic E-state index is 12.3. The highest BCUT2D eigenvalue weighted by Gasteiger charge is 2.40. The van der Waals surface area contributed by atoms with Crippen molar-refractivity contribution in [3.8, 4) is 0 Å². The molecule has 6 heteroatoms. The number of nitrogens with zero attached hydrogens (tertiary/aromatic N) is 1. The molecule has 0 aromatic heterocycles. The van der Waals surface area contributed by atoms with Gasteiger partial charge < -0.3 is 14.8 Å². The largest absolute Gasteiger partial charge is 0.445 e. The molecular formula is C16H22N2O4. The molecule has 1 aliphatic rings. The Bertz CT molecular complexity index is 506. The number of likely N-dealkylation sites (tertiary alicyclic amines) is 1. The van der Waals surface area contributed by atoms with Crippen molar-refractivity contribution in [2.24, 2.45) is 0 Å². The van der Waals surface area contributed by atoms with E-state index >= 15 is 0 Å². The molecule has 0 saturated carbocycles. The lowest BCUT2D eigenvalue weighted by molar-refractivity contribution is -0.124. The summed E-state index contributed by atoms with van der Waals surface area (Å²) in [4.78, 5) is 25.7. The van der Waals surface area contributed by atoms with Crippen molar-refractivity contribution < 1.29 is 19.1 Å². The molecule has 1 aliphatic heterocycles. The van der Waals surface area contributed by atoms with Gasteiger partial charge in [-0.25, -0.2) is 4.79 Å². The molecule has 0 radical (unpaired) electrons. The van der Waals surface area contributed by atoms with Crippen LogP contribution in [0.1, 0.15) is 18.9 Å². The quantitative estimate of drug-likeness (QED) is 0.896. The second-order valence-electron chi connectivity index (χ2n) is 5.14. The Labute approximate surface area is 130 Å². The van der Waals surface area contributed by atoms with Crippen molar-refractivity contribution in [2.45, 2.75) is 32.1 Å². The molecule has 120 valence electrons. The summed E-state index contributed by atoms with van der Waals surface area (Å²) in [7, 11) is 1.56. The molecule has 22 heavy (non-hydrogen) atoms. The van der Waals surface area contributed by atoms with Gasteiger partial charge in [-0.1, -0.05) is 30.3 Å². The molecule has 2 atom stereocenters. The van der Waals surface area contributed by atoms with E-state index in [1.165, 1.54) is 4.90 Å². The van der Waals surface area contributed by atoms with Crippen LogP contribution in [0.15, 0.2) is 30.3 Å². The zero-order valence-corrected chi connectivity index (χ0v) is 13.0. The Morgan fingerprint density at radius 3 is 2.68 bits per heavy atom. The predicted octanol–water partition coefficient (Wildman–Crippen LogP) is 1.55. The number of nitrogens with one attached hydrogen (secondary N) is 1. The number of carbonyl (C=O) groups excluding carboxylic acids is 2. The number of hydrogen-bond donors (Lipinski definition) is 1. The first kappa shape index (κ1) is 16.3. The van der Waals surface area contributed by atoms with Crippen LogP contribution in [0.4, 0.5) is 4.79 Å². The second-order valence-corrected chi connectivity index (χ2v) is 5.14. The lowest BCUT2D eigenvalue weighted by Gasteiger charge is -2.22.